The highest BCUT2D eigenvalue weighted by atomic mass is 16.3. The van der Waals surface area contributed by atoms with Gasteiger partial charge in [0.1, 0.15) is 5.60 Å². The van der Waals surface area contributed by atoms with Gasteiger partial charge in [0.15, 0.2) is 5.78 Å². The van der Waals surface area contributed by atoms with Gasteiger partial charge in [-0.1, -0.05) is 60.7 Å². The summed E-state index contributed by atoms with van der Waals surface area (Å²) in [5, 5.41) is 11.0. The van der Waals surface area contributed by atoms with E-state index in [1.165, 1.54) is 0 Å². The monoisotopic (exact) mass is 250 g/mol. The fraction of sp³-hybridized carbons (Fsp3) is 0.118. The Kier molecular flexibility index (Phi) is 2.80. The Balaban J connectivity index is 2.12. The third kappa shape index (κ3) is 2.00. The zero-order valence-corrected chi connectivity index (χ0v) is 10.4. The Bertz CT molecular complexity index is 629. The zero-order chi connectivity index (χ0) is 13.3. The second-order valence-corrected chi connectivity index (χ2v) is 4.79. The van der Waals surface area contributed by atoms with Gasteiger partial charge in [-0.15, -0.1) is 0 Å². The molecule has 0 aliphatic heterocycles. The summed E-state index contributed by atoms with van der Waals surface area (Å²) in [6.07, 6.45) is 1.67. The molecule has 0 fully saturated rings. The van der Waals surface area contributed by atoms with Crippen molar-refractivity contribution >= 4 is 11.4 Å². The summed E-state index contributed by atoms with van der Waals surface area (Å²) in [6.45, 7) is 0. The van der Waals surface area contributed by atoms with Gasteiger partial charge in [0.05, 0.1) is 0 Å². The Morgan fingerprint density at radius 3 is 2.11 bits per heavy atom. The van der Waals surface area contributed by atoms with Crippen LogP contribution in [0.1, 0.15) is 17.5 Å². The van der Waals surface area contributed by atoms with Crippen LogP contribution in [-0.4, -0.2) is 10.9 Å². The first-order valence-electron chi connectivity index (χ1n) is 6.28. The molecule has 0 heterocycles. The summed E-state index contributed by atoms with van der Waals surface area (Å²) in [7, 11) is 0. The quantitative estimate of drug-likeness (QED) is 0.889. The van der Waals surface area contributed by atoms with Crippen LogP contribution in [0, 0.1) is 0 Å². The van der Waals surface area contributed by atoms with E-state index in [0.29, 0.717) is 5.57 Å². The molecule has 0 amide bonds. The number of hydrogen-bond acceptors (Lipinski definition) is 2. The Labute approximate surface area is 112 Å². The maximum absolute atomic E-state index is 11.8. The van der Waals surface area contributed by atoms with Gasteiger partial charge in [-0.3, -0.25) is 4.79 Å². The van der Waals surface area contributed by atoms with Crippen LogP contribution in [0.5, 0.6) is 0 Å². The van der Waals surface area contributed by atoms with E-state index in [1.807, 2.05) is 60.7 Å². The molecular weight excluding hydrogens is 236 g/mol. The molecule has 0 spiro atoms. The fourth-order valence-electron chi connectivity index (χ4n) is 2.59. The van der Waals surface area contributed by atoms with E-state index in [0.717, 1.165) is 11.1 Å². The molecule has 3 rings (SSSR count). The van der Waals surface area contributed by atoms with Crippen molar-refractivity contribution in [1.82, 2.24) is 0 Å². The van der Waals surface area contributed by atoms with Crippen LogP contribution in [0.25, 0.3) is 5.57 Å². The third-order valence-corrected chi connectivity index (χ3v) is 3.52. The van der Waals surface area contributed by atoms with Gasteiger partial charge in [-0.25, -0.2) is 0 Å². The molecule has 2 aromatic carbocycles. The van der Waals surface area contributed by atoms with Gasteiger partial charge in [-0.2, -0.15) is 0 Å². The molecule has 19 heavy (non-hydrogen) atoms. The molecule has 2 nitrogen and oxygen atoms in total. The molecule has 2 heteroatoms. The van der Waals surface area contributed by atoms with E-state index < -0.39 is 5.60 Å². The van der Waals surface area contributed by atoms with Crippen LogP contribution in [-0.2, 0) is 10.4 Å². The largest absolute Gasteiger partial charge is 0.380 e. The van der Waals surface area contributed by atoms with E-state index in [1.54, 1.807) is 6.08 Å². The van der Waals surface area contributed by atoms with Gasteiger partial charge in [0, 0.05) is 6.42 Å². The topological polar surface area (TPSA) is 37.3 Å². The highest BCUT2D eigenvalue weighted by Crippen LogP contribution is 2.43. The van der Waals surface area contributed by atoms with E-state index in [2.05, 4.69) is 0 Å². The van der Waals surface area contributed by atoms with E-state index in [-0.39, 0.29) is 12.2 Å². The molecule has 0 aromatic heterocycles. The molecule has 0 unspecified atom stereocenters. The number of hydrogen-bond donors (Lipinski definition) is 1. The van der Waals surface area contributed by atoms with E-state index >= 15 is 0 Å². The number of aliphatic hydroxyl groups is 1. The molecule has 0 saturated carbocycles. The van der Waals surface area contributed by atoms with Crippen LogP contribution in [0.15, 0.2) is 66.7 Å². The van der Waals surface area contributed by atoms with Crippen LogP contribution >= 0.6 is 0 Å². The predicted octanol–water partition coefficient (Wildman–Crippen LogP) is 2.93. The van der Waals surface area contributed by atoms with Crippen molar-refractivity contribution in [3.63, 3.8) is 0 Å². The van der Waals surface area contributed by atoms with Crippen LogP contribution in [0.4, 0.5) is 0 Å². The molecule has 1 aliphatic rings. The molecule has 1 N–H and O–H groups in total. The molecule has 0 saturated heterocycles. The number of allylic oxidation sites excluding steroid dienone is 1. The van der Waals surface area contributed by atoms with Gasteiger partial charge < -0.3 is 5.11 Å². The van der Waals surface area contributed by atoms with Crippen molar-refractivity contribution in [2.24, 2.45) is 0 Å². The first kappa shape index (κ1) is 11.9. The number of rotatable bonds is 2. The molecule has 94 valence electrons. The van der Waals surface area contributed by atoms with Crippen molar-refractivity contribution < 1.29 is 9.90 Å². The second-order valence-electron chi connectivity index (χ2n) is 4.79. The van der Waals surface area contributed by atoms with Crippen molar-refractivity contribution in [1.29, 1.82) is 0 Å². The number of carbonyl (C=O) groups excluding carboxylic acids is 1. The minimum Gasteiger partial charge on any atom is -0.380 e. The summed E-state index contributed by atoms with van der Waals surface area (Å²) in [4.78, 5) is 11.8. The second kappa shape index (κ2) is 4.48. The summed E-state index contributed by atoms with van der Waals surface area (Å²) in [6, 6.07) is 18.9. The summed E-state index contributed by atoms with van der Waals surface area (Å²) < 4.78 is 0. The van der Waals surface area contributed by atoms with Crippen molar-refractivity contribution in [3.05, 3.63) is 77.9 Å². The SMILES string of the molecule is O=C1C=C(c2ccccc2)[C@](O)(c2ccccc2)C1. The van der Waals surface area contributed by atoms with Gasteiger partial charge in [-0.05, 0) is 22.8 Å². The average Bonchev–Trinajstić information content (AvgIpc) is 2.77. The summed E-state index contributed by atoms with van der Waals surface area (Å²) in [5.74, 6) is -0.0368. The Hall–Kier alpha value is -2.19. The van der Waals surface area contributed by atoms with Gasteiger partial charge in [0.2, 0.25) is 0 Å². The molecular formula is C17H14O2. The van der Waals surface area contributed by atoms with Gasteiger partial charge in [0.25, 0.3) is 0 Å². The first-order chi connectivity index (χ1) is 9.20. The lowest BCUT2D eigenvalue weighted by atomic mass is 9.84. The number of ketones is 1. The van der Waals surface area contributed by atoms with E-state index in [9.17, 15) is 9.90 Å². The molecule has 1 atom stereocenters. The zero-order valence-electron chi connectivity index (χ0n) is 10.4. The standard InChI is InChI=1S/C17H14O2/c18-15-11-16(13-7-3-1-4-8-13)17(19,12-15)14-9-5-2-6-10-14/h1-11,19H,12H2/t17-/m1/s1. The normalized spacial score (nSPS) is 22.4. The minimum absolute atomic E-state index is 0.0368. The maximum atomic E-state index is 11.8. The maximum Gasteiger partial charge on any atom is 0.159 e. The van der Waals surface area contributed by atoms with Crippen molar-refractivity contribution in [3.8, 4) is 0 Å². The number of benzene rings is 2. The fourth-order valence-corrected chi connectivity index (χ4v) is 2.59. The van der Waals surface area contributed by atoms with E-state index in [4.69, 9.17) is 0 Å². The third-order valence-electron chi connectivity index (χ3n) is 3.52. The number of carbonyl (C=O) groups is 1. The predicted molar refractivity (Wildman–Crippen MR) is 74.4 cm³/mol. The Morgan fingerprint density at radius 2 is 1.47 bits per heavy atom. The first-order valence-corrected chi connectivity index (χ1v) is 6.28. The minimum atomic E-state index is -1.21. The summed E-state index contributed by atoms with van der Waals surface area (Å²) in [5.41, 5.74) is 1.12. The molecule has 0 radical (unpaired) electrons. The Morgan fingerprint density at radius 1 is 0.895 bits per heavy atom. The lowest BCUT2D eigenvalue weighted by Gasteiger charge is -2.26. The summed E-state index contributed by atoms with van der Waals surface area (Å²) >= 11 is 0. The highest BCUT2D eigenvalue weighted by Gasteiger charge is 2.41. The molecule has 0 bridgehead atoms. The molecule has 2 aromatic rings. The van der Waals surface area contributed by atoms with Crippen molar-refractivity contribution in [2.75, 3.05) is 0 Å². The van der Waals surface area contributed by atoms with Crippen LogP contribution in [0.2, 0.25) is 0 Å². The van der Waals surface area contributed by atoms with Gasteiger partial charge >= 0.3 is 0 Å². The lowest BCUT2D eigenvalue weighted by Crippen LogP contribution is -2.25. The highest BCUT2D eigenvalue weighted by molar-refractivity contribution is 6.05. The smallest absolute Gasteiger partial charge is 0.159 e. The van der Waals surface area contributed by atoms with Crippen molar-refractivity contribution in [2.45, 2.75) is 12.0 Å². The average molecular weight is 250 g/mol. The van der Waals surface area contributed by atoms with Crippen LogP contribution < -0.4 is 0 Å². The molecule has 1 aliphatic carbocycles. The van der Waals surface area contributed by atoms with Crippen LogP contribution in [0.3, 0.4) is 0 Å². The lowest BCUT2D eigenvalue weighted by molar-refractivity contribution is -0.116.